The number of fused-ring (bicyclic) bond motifs is 1. The van der Waals surface area contributed by atoms with Crippen molar-refractivity contribution >= 4 is 0 Å². The first kappa shape index (κ1) is 11.2. The van der Waals surface area contributed by atoms with Crippen LogP contribution in [-0.2, 0) is 0 Å². The van der Waals surface area contributed by atoms with Crippen LogP contribution in [0.5, 0.6) is 0 Å². The van der Waals surface area contributed by atoms with Gasteiger partial charge in [-0.25, -0.2) is 0 Å². The van der Waals surface area contributed by atoms with Gasteiger partial charge in [0.05, 0.1) is 6.10 Å². The van der Waals surface area contributed by atoms with Gasteiger partial charge in [0.25, 0.3) is 0 Å². The number of allylic oxidation sites excluding steroid dienone is 1. The van der Waals surface area contributed by atoms with Crippen LogP contribution in [0.15, 0.2) is 11.6 Å². The maximum Gasteiger partial charge on any atom is 0.0610 e. The lowest BCUT2D eigenvalue weighted by Crippen LogP contribution is -2.30. The van der Waals surface area contributed by atoms with Crippen LogP contribution in [0.3, 0.4) is 0 Å². The lowest BCUT2D eigenvalue weighted by atomic mass is 9.78. The molecule has 1 N–H and O–H groups in total. The minimum Gasteiger partial charge on any atom is -0.392 e. The highest BCUT2D eigenvalue weighted by Crippen LogP contribution is 2.47. The Hall–Kier alpha value is -0.300. The second kappa shape index (κ2) is 4.29. The second-order valence-corrected chi connectivity index (χ2v) is 5.88. The zero-order chi connectivity index (χ0) is 11.0. The first-order valence-corrected chi connectivity index (χ1v) is 6.43. The van der Waals surface area contributed by atoms with Gasteiger partial charge in [0, 0.05) is 0 Å². The summed E-state index contributed by atoms with van der Waals surface area (Å²) in [6.45, 7) is 6.78. The Morgan fingerprint density at radius 3 is 2.73 bits per heavy atom. The number of hydrogen-bond acceptors (Lipinski definition) is 1. The zero-order valence-electron chi connectivity index (χ0n) is 10.2. The third kappa shape index (κ3) is 2.13. The molecule has 0 bridgehead atoms. The van der Waals surface area contributed by atoms with Crippen LogP contribution in [-0.4, -0.2) is 11.2 Å². The standard InChI is InChI=1S/C14H24O/c1-9(2)12-7-6-11-5-4-10(3)8-13(15)14(11)12/h4,9,11-15H,5-8H2,1-3H3/t11-,12-,13-,14+/m0/s1. The van der Waals surface area contributed by atoms with E-state index in [2.05, 4.69) is 26.8 Å². The SMILES string of the molecule is CC1=CC[C@H]2CC[C@@H](C(C)C)[C@@H]2[C@@H](O)C1. The summed E-state index contributed by atoms with van der Waals surface area (Å²) in [5.74, 6) is 2.81. The molecule has 2 rings (SSSR count). The molecule has 0 aromatic heterocycles. The maximum atomic E-state index is 10.3. The molecule has 2 aliphatic carbocycles. The van der Waals surface area contributed by atoms with Crippen molar-refractivity contribution < 1.29 is 5.11 Å². The molecule has 0 heterocycles. The molecule has 0 saturated heterocycles. The van der Waals surface area contributed by atoms with Crippen molar-refractivity contribution in [2.75, 3.05) is 0 Å². The van der Waals surface area contributed by atoms with Crippen LogP contribution >= 0.6 is 0 Å². The van der Waals surface area contributed by atoms with E-state index in [1.165, 1.54) is 24.8 Å². The normalized spacial score (nSPS) is 41.3. The second-order valence-electron chi connectivity index (χ2n) is 5.88. The molecule has 1 saturated carbocycles. The van der Waals surface area contributed by atoms with Crippen LogP contribution in [0, 0.1) is 23.7 Å². The highest BCUT2D eigenvalue weighted by atomic mass is 16.3. The summed E-state index contributed by atoms with van der Waals surface area (Å²) in [7, 11) is 0. The van der Waals surface area contributed by atoms with Crippen molar-refractivity contribution in [3.8, 4) is 0 Å². The predicted molar refractivity (Wildman–Crippen MR) is 63.5 cm³/mol. The third-order valence-corrected chi connectivity index (χ3v) is 4.51. The van der Waals surface area contributed by atoms with Crippen molar-refractivity contribution in [3.63, 3.8) is 0 Å². The average molecular weight is 208 g/mol. The first-order valence-electron chi connectivity index (χ1n) is 6.43. The summed E-state index contributed by atoms with van der Waals surface area (Å²) in [4.78, 5) is 0. The fraction of sp³-hybridized carbons (Fsp3) is 0.857. The Labute approximate surface area is 93.6 Å². The topological polar surface area (TPSA) is 20.2 Å². The van der Waals surface area contributed by atoms with Crippen LogP contribution < -0.4 is 0 Å². The molecule has 0 spiro atoms. The van der Waals surface area contributed by atoms with E-state index in [1.807, 2.05) is 0 Å². The van der Waals surface area contributed by atoms with Crippen molar-refractivity contribution in [1.29, 1.82) is 0 Å². The van der Waals surface area contributed by atoms with Crippen LogP contribution in [0.25, 0.3) is 0 Å². The molecule has 0 unspecified atom stereocenters. The van der Waals surface area contributed by atoms with Crippen molar-refractivity contribution in [3.05, 3.63) is 11.6 Å². The van der Waals surface area contributed by atoms with Gasteiger partial charge in [-0.15, -0.1) is 0 Å². The zero-order valence-corrected chi connectivity index (χ0v) is 10.2. The molecule has 0 radical (unpaired) electrons. The van der Waals surface area contributed by atoms with Gasteiger partial charge in [-0.05, 0) is 56.3 Å². The molecule has 1 fully saturated rings. The van der Waals surface area contributed by atoms with E-state index < -0.39 is 0 Å². The Kier molecular flexibility index (Phi) is 3.20. The van der Waals surface area contributed by atoms with E-state index in [0.717, 1.165) is 24.2 Å². The van der Waals surface area contributed by atoms with E-state index in [1.54, 1.807) is 0 Å². The average Bonchev–Trinajstić information content (AvgIpc) is 2.52. The van der Waals surface area contributed by atoms with Gasteiger partial charge in [0.2, 0.25) is 0 Å². The number of aliphatic hydroxyl groups excluding tert-OH is 1. The van der Waals surface area contributed by atoms with Crippen molar-refractivity contribution in [1.82, 2.24) is 0 Å². The third-order valence-electron chi connectivity index (χ3n) is 4.51. The quantitative estimate of drug-likeness (QED) is 0.655. The smallest absolute Gasteiger partial charge is 0.0610 e. The highest BCUT2D eigenvalue weighted by Gasteiger charge is 2.41. The van der Waals surface area contributed by atoms with Gasteiger partial charge in [0.15, 0.2) is 0 Å². The molecule has 0 amide bonds. The molecule has 0 aliphatic heterocycles. The fourth-order valence-electron chi connectivity index (χ4n) is 3.70. The molecule has 15 heavy (non-hydrogen) atoms. The number of hydrogen-bond donors (Lipinski definition) is 1. The minimum atomic E-state index is -0.0800. The first-order chi connectivity index (χ1) is 7.09. The van der Waals surface area contributed by atoms with E-state index in [0.29, 0.717) is 5.92 Å². The van der Waals surface area contributed by atoms with E-state index in [4.69, 9.17) is 0 Å². The molecule has 0 aromatic rings. The van der Waals surface area contributed by atoms with Gasteiger partial charge in [-0.2, -0.15) is 0 Å². The molecular formula is C14H24O. The van der Waals surface area contributed by atoms with Crippen molar-refractivity contribution in [2.24, 2.45) is 23.7 Å². The molecule has 2 aliphatic rings. The predicted octanol–water partition coefficient (Wildman–Crippen LogP) is 3.39. The van der Waals surface area contributed by atoms with E-state index in [9.17, 15) is 5.11 Å². The van der Waals surface area contributed by atoms with Gasteiger partial charge in [-0.1, -0.05) is 25.5 Å². The van der Waals surface area contributed by atoms with E-state index in [-0.39, 0.29) is 6.10 Å². The Morgan fingerprint density at radius 1 is 1.33 bits per heavy atom. The monoisotopic (exact) mass is 208 g/mol. The summed E-state index contributed by atoms with van der Waals surface area (Å²) < 4.78 is 0. The fourth-order valence-corrected chi connectivity index (χ4v) is 3.70. The maximum absolute atomic E-state index is 10.3. The van der Waals surface area contributed by atoms with E-state index >= 15 is 0 Å². The Morgan fingerprint density at radius 2 is 2.07 bits per heavy atom. The summed E-state index contributed by atoms with van der Waals surface area (Å²) in [5, 5.41) is 10.3. The molecule has 0 aromatic carbocycles. The van der Waals surface area contributed by atoms with Crippen LogP contribution in [0.1, 0.15) is 46.5 Å². The van der Waals surface area contributed by atoms with Crippen LogP contribution in [0.4, 0.5) is 0 Å². The summed E-state index contributed by atoms with van der Waals surface area (Å²) >= 11 is 0. The molecule has 4 atom stereocenters. The lowest BCUT2D eigenvalue weighted by Gasteiger charge is -2.30. The molecule has 1 nitrogen and oxygen atoms in total. The molecular weight excluding hydrogens is 184 g/mol. The van der Waals surface area contributed by atoms with Crippen molar-refractivity contribution in [2.45, 2.75) is 52.6 Å². The molecule has 1 heteroatoms. The Bertz CT molecular complexity index is 254. The Balaban J connectivity index is 2.16. The molecule has 86 valence electrons. The van der Waals surface area contributed by atoms with Gasteiger partial charge in [0.1, 0.15) is 0 Å². The highest BCUT2D eigenvalue weighted by molar-refractivity contribution is 5.08. The van der Waals surface area contributed by atoms with Gasteiger partial charge < -0.3 is 5.11 Å². The van der Waals surface area contributed by atoms with Crippen LogP contribution in [0.2, 0.25) is 0 Å². The lowest BCUT2D eigenvalue weighted by molar-refractivity contribution is 0.0522. The van der Waals surface area contributed by atoms with Gasteiger partial charge in [-0.3, -0.25) is 0 Å². The van der Waals surface area contributed by atoms with Gasteiger partial charge >= 0.3 is 0 Å². The summed E-state index contributed by atoms with van der Waals surface area (Å²) in [6, 6.07) is 0. The number of aliphatic hydroxyl groups is 1. The number of rotatable bonds is 1. The minimum absolute atomic E-state index is 0.0800. The summed E-state index contributed by atoms with van der Waals surface area (Å²) in [6.07, 6.45) is 7.05. The summed E-state index contributed by atoms with van der Waals surface area (Å²) in [5.41, 5.74) is 1.39. The largest absolute Gasteiger partial charge is 0.392 e.